The molecule has 1 aromatic carbocycles. The molecule has 100 valence electrons. The van der Waals surface area contributed by atoms with Gasteiger partial charge in [-0.05, 0) is 30.7 Å². The summed E-state index contributed by atoms with van der Waals surface area (Å²) in [5, 5.41) is 18.5. The third kappa shape index (κ3) is 2.94. The summed E-state index contributed by atoms with van der Waals surface area (Å²) in [5.74, 6) is 0. The van der Waals surface area contributed by atoms with Gasteiger partial charge in [0, 0.05) is 24.7 Å². The van der Waals surface area contributed by atoms with Crippen LogP contribution in [0.4, 0.5) is 0 Å². The van der Waals surface area contributed by atoms with Crippen molar-refractivity contribution in [2.45, 2.75) is 19.1 Å². The summed E-state index contributed by atoms with van der Waals surface area (Å²) in [6, 6.07) is 7.46. The van der Waals surface area contributed by atoms with Gasteiger partial charge < -0.3 is 5.11 Å². The molecule has 1 saturated heterocycles. The summed E-state index contributed by atoms with van der Waals surface area (Å²) in [7, 11) is 0. The second-order valence-corrected chi connectivity index (χ2v) is 5.24. The normalized spacial score (nSPS) is 20.0. The van der Waals surface area contributed by atoms with Gasteiger partial charge in [-0.15, -0.1) is 5.10 Å². The number of aromatic nitrogens is 3. The van der Waals surface area contributed by atoms with Gasteiger partial charge in [-0.2, -0.15) is 0 Å². The first-order chi connectivity index (χ1) is 9.20. The Morgan fingerprint density at radius 1 is 1.32 bits per heavy atom. The van der Waals surface area contributed by atoms with Crippen molar-refractivity contribution in [3.05, 3.63) is 41.2 Å². The van der Waals surface area contributed by atoms with E-state index in [4.69, 9.17) is 11.6 Å². The highest BCUT2D eigenvalue weighted by atomic mass is 35.5. The molecule has 1 N–H and O–H groups in total. The molecule has 0 saturated carbocycles. The lowest BCUT2D eigenvalue weighted by Crippen LogP contribution is -2.21. The maximum atomic E-state index is 9.49. The molecular formula is C13H15ClN4O. The maximum Gasteiger partial charge on any atom is 0.0971 e. The molecule has 2 heterocycles. The van der Waals surface area contributed by atoms with Crippen molar-refractivity contribution >= 4 is 11.6 Å². The highest BCUT2D eigenvalue weighted by Crippen LogP contribution is 2.15. The van der Waals surface area contributed by atoms with Gasteiger partial charge >= 0.3 is 0 Å². The van der Waals surface area contributed by atoms with Gasteiger partial charge in [-0.1, -0.05) is 16.8 Å². The molecule has 1 aromatic heterocycles. The van der Waals surface area contributed by atoms with E-state index < -0.39 is 0 Å². The van der Waals surface area contributed by atoms with Crippen LogP contribution in [0.5, 0.6) is 0 Å². The average molecular weight is 279 g/mol. The van der Waals surface area contributed by atoms with Crippen LogP contribution in [0.3, 0.4) is 0 Å². The van der Waals surface area contributed by atoms with E-state index in [9.17, 15) is 5.11 Å². The van der Waals surface area contributed by atoms with Gasteiger partial charge in [-0.3, -0.25) is 4.90 Å². The van der Waals surface area contributed by atoms with Gasteiger partial charge in [0.15, 0.2) is 0 Å². The van der Waals surface area contributed by atoms with E-state index >= 15 is 0 Å². The fourth-order valence-electron chi connectivity index (χ4n) is 2.28. The highest BCUT2D eigenvalue weighted by Gasteiger charge is 2.20. The van der Waals surface area contributed by atoms with Gasteiger partial charge in [0.05, 0.1) is 23.7 Å². The third-order valence-electron chi connectivity index (χ3n) is 3.27. The topological polar surface area (TPSA) is 54.2 Å². The zero-order valence-electron chi connectivity index (χ0n) is 10.4. The molecule has 0 spiro atoms. The van der Waals surface area contributed by atoms with Gasteiger partial charge in [-0.25, -0.2) is 4.68 Å². The van der Waals surface area contributed by atoms with Gasteiger partial charge in [0.2, 0.25) is 0 Å². The van der Waals surface area contributed by atoms with E-state index in [1.165, 1.54) is 0 Å². The lowest BCUT2D eigenvalue weighted by atomic mass is 10.3. The number of β-amino-alcohol motifs (C(OH)–C–C–N with tert-alkyl or cyclic N) is 1. The zero-order chi connectivity index (χ0) is 13.2. The van der Waals surface area contributed by atoms with Crippen molar-refractivity contribution in [3.8, 4) is 5.69 Å². The van der Waals surface area contributed by atoms with E-state index in [0.717, 1.165) is 30.9 Å². The summed E-state index contributed by atoms with van der Waals surface area (Å²) in [6.07, 6.45) is 2.55. The molecule has 0 aliphatic carbocycles. The van der Waals surface area contributed by atoms with Crippen molar-refractivity contribution in [1.82, 2.24) is 19.9 Å². The van der Waals surface area contributed by atoms with Crippen LogP contribution in [0, 0.1) is 0 Å². The molecule has 0 unspecified atom stereocenters. The number of benzene rings is 1. The Hall–Kier alpha value is -1.43. The molecule has 0 radical (unpaired) electrons. The quantitative estimate of drug-likeness (QED) is 0.924. The Morgan fingerprint density at radius 3 is 2.79 bits per heavy atom. The zero-order valence-corrected chi connectivity index (χ0v) is 11.2. The summed E-state index contributed by atoms with van der Waals surface area (Å²) in [5.41, 5.74) is 1.84. The molecule has 1 aliphatic rings. The Morgan fingerprint density at radius 2 is 2.11 bits per heavy atom. The number of rotatable bonds is 3. The van der Waals surface area contributed by atoms with E-state index in [1.807, 2.05) is 30.5 Å². The first-order valence-electron chi connectivity index (χ1n) is 6.28. The van der Waals surface area contributed by atoms with E-state index in [0.29, 0.717) is 11.6 Å². The molecule has 6 heteroatoms. The number of nitrogens with zero attached hydrogens (tertiary/aromatic N) is 4. The van der Waals surface area contributed by atoms with Crippen LogP contribution in [-0.2, 0) is 6.54 Å². The minimum absolute atomic E-state index is 0.202. The Labute approximate surface area is 116 Å². The number of hydrogen-bond donors (Lipinski definition) is 1. The molecule has 1 aliphatic heterocycles. The lowest BCUT2D eigenvalue weighted by molar-refractivity contribution is 0.174. The fourth-order valence-corrected chi connectivity index (χ4v) is 2.40. The number of likely N-dealkylation sites (tertiary alicyclic amines) is 1. The standard InChI is InChI=1S/C13H15ClN4O/c14-10-1-3-12(4-2-10)18-8-11(15-16-18)7-17-6-5-13(19)9-17/h1-4,8,13,19H,5-7,9H2/t13-/m0/s1. The van der Waals surface area contributed by atoms with Crippen LogP contribution in [0.15, 0.2) is 30.5 Å². The van der Waals surface area contributed by atoms with E-state index in [-0.39, 0.29) is 6.10 Å². The maximum absolute atomic E-state index is 9.49. The van der Waals surface area contributed by atoms with Crippen LogP contribution >= 0.6 is 11.6 Å². The van der Waals surface area contributed by atoms with Gasteiger partial charge in [0.25, 0.3) is 0 Å². The molecular weight excluding hydrogens is 264 g/mol. The van der Waals surface area contributed by atoms with Crippen molar-refractivity contribution < 1.29 is 5.11 Å². The predicted molar refractivity (Wildman–Crippen MR) is 72.3 cm³/mol. The van der Waals surface area contributed by atoms with Crippen LogP contribution < -0.4 is 0 Å². The fraction of sp³-hybridized carbons (Fsp3) is 0.385. The average Bonchev–Trinajstić information content (AvgIpc) is 3.00. The first kappa shape index (κ1) is 12.6. The number of halogens is 1. The Bertz CT molecular complexity index is 554. The molecule has 1 fully saturated rings. The summed E-state index contributed by atoms with van der Waals surface area (Å²) in [6.45, 7) is 2.35. The Kier molecular flexibility index (Phi) is 3.50. The minimum Gasteiger partial charge on any atom is -0.392 e. The van der Waals surface area contributed by atoms with Crippen LogP contribution in [0.2, 0.25) is 5.02 Å². The smallest absolute Gasteiger partial charge is 0.0971 e. The lowest BCUT2D eigenvalue weighted by Gasteiger charge is -2.11. The van der Waals surface area contributed by atoms with Gasteiger partial charge in [0.1, 0.15) is 0 Å². The van der Waals surface area contributed by atoms with Crippen molar-refractivity contribution in [1.29, 1.82) is 0 Å². The largest absolute Gasteiger partial charge is 0.392 e. The van der Waals surface area contributed by atoms with Crippen molar-refractivity contribution in [2.24, 2.45) is 0 Å². The predicted octanol–water partition coefficient (Wildman–Crippen LogP) is 1.49. The second-order valence-electron chi connectivity index (χ2n) is 4.81. The molecule has 5 nitrogen and oxygen atoms in total. The number of aliphatic hydroxyl groups is 1. The molecule has 1 atom stereocenters. The van der Waals surface area contributed by atoms with E-state index in [1.54, 1.807) is 4.68 Å². The first-order valence-corrected chi connectivity index (χ1v) is 6.66. The minimum atomic E-state index is -0.202. The molecule has 3 rings (SSSR count). The molecule has 19 heavy (non-hydrogen) atoms. The molecule has 2 aromatic rings. The highest BCUT2D eigenvalue weighted by molar-refractivity contribution is 6.30. The van der Waals surface area contributed by atoms with Crippen molar-refractivity contribution in [2.75, 3.05) is 13.1 Å². The van der Waals surface area contributed by atoms with Crippen molar-refractivity contribution in [3.63, 3.8) is 0 Å². The third-order valence-corrected chi connectivity index (χ3v) is 3.52. The molecule has 0 amide bonds. The van der Waals surface area contributed by atoms with E-state index in [2.05, 4.69) is 15.2 Å². The summed E-state index contributed by atoms with van der Waals surface area (Å²) in [4.78, 5) is 2.18. The van der Waals surface area contributed by atoms with Crippen LogP contribution in [0.25, 0.3) is 5.69 Å². The second kappa shape index (κ2) is 5.28. The summed E-state index contributed by atoms with van der Waals surface area (Å²) >= 11 is 5.86. The SMILES string of the molecule is O[C@H]1CCN(Cc2cn(-c3ccc(Cl)cc3)nn2)C1. The summed E-state index contributed by atoms with van der Waals surface area (Å²) < 4.78 is 1.73. The van der Waals surface area contributed by atoms with Crippen LogP contribution in [0.1, 0.15) is 12.1 Å². The van der Waals surface area contributed by atoms with Crippen LogP contribution in [-0.4, -0.2) is 44.2 Å². The number of hydrogen-bond acceptors (Lipinski definition) is 4. The monoisotopic (exact) mass is 278 g/mol. The Balaban J connectivity index is 1.71. The number of aliphatic hydroxyl groups excluding tert-OH is 1. The molecule has 0 bridgehead atoms.